The van der Waals surface area contributed by atoms with Gasteiger partial charge in [-0.15, -0.1) is 0 Å². The molecule has 0 aromatic rings. The normalized spacial score (nSPS) is 34.2. The van der Waals surface area contributed by atoms with Gasteiger partial charge in [0.15, 0.2) is 0 Å². The first-order valence-electron chi connectivity index (χ1n) is 9.18. The van der Waals surface area contributed by atoms with E-state index in [1.165, 1.54) is 0 Å². The van der Waals surface area contributed by atoms with E-state index in [1.54, 1.807) is 0 Å². The molecule has 1 spiro atoms. The molecule has 0 bridgehead atoms. The number of carbonyl (C=O) groups is 2. The lowest BCUT2D eigenvalue weighted by Gasteiger charge is -2.43. The van der Waals surface area contributed by atoms with Crippen LogP contribution in [0.4, 0.5) is 0 Å². The number of hydrogen-bond acceptors (Lipinski definition) is 3. The third-order valence-corrected chi connectivity index (χ3v) is 5.39. The Morgan fingerprint density at radius 3 is 2.43 bits per heavy atom. The van der Waals surface area contributed by atoms with E-state index >= 15 is 0 Å². The summed E-state index contributed by atoms with van der Waals surface area (Å²) < 4.78 is 6.13. The Kier molecular flexibility index (Phi) is 4.68. The minimum Gasteiger partial charge on any atom is -0.353 e. The maximum Gasteiger partial charge on any atom is 0.245 e. The lowest BCUT2D eigenvalue weighted by atomic mass is 9.83. The van der Waals surface area contributed by atoms with E-state index in [-0.39, 0.29) is 17.7 Å². The molecular weight excluding hydrogens is 292 g/mol. The number of ether oxygens (including phenoxy) is 1. The predicted molar refractivity (Wildman–Crippen MR) is 87.6 cm³/mol. The van der Waals surface area contributed by atoms with Gasteiger partial charge in [0.25, 0.3) is 0 Å². The number of nitrogens with one attached hydrogen (secondary N) is 1. The van der Waals surface area contributed by atoms with E-state index in [0.717, 1.165) is 38.5 Å². The van der Waals surface area contributed by atoms with Crippen LogP contribution in [0.15, 0.2) is 0 Å². The Hall–Kier alpha value is -1.10. The molecule has 5 nitrogen and oxygen atoms in total. The van der Waals surface area contributed by atoms with Crippen molar-refractivity contribution in [3.8, 4) is 0 Å². The van der Waals surface area contributed by atoms with E-state index < -0.39 is 11.8 Å². The molecule has 2 saturated carbocycles. The van der Waals surface area contributed by atoms with Crippen LogP contribution in [-0.4, -0.2) is 41.1 Å². The molecule has 1 saturated heterocycles. The zero-order chi connectivity index (χ0) is 16.6. The first kappa shape index (κ1) is 16.7. The van der Waals surface area contributed by atoms with Crippen molar-refractivity contribution in [3.05, 3.63) is 0 Å². The first-order chi connectivity index (χ1) is 10.9. The molecular formula is C18H30N2O3. The summed E-state index contributed by atoms with van der Waals surface area (Å²) >= 11 is 0. The van der Waals surface area contributed by atoms with Crippen molar-refractivity contribution < 1.29 is 14.3 Å². The molecule has 1 heterocycles. The molecule has 0 unspecified atom stereocenters. The molecule has 0 radical (unpaired) electrons. The number of amides is 2. The molecule has 2 amide bonds. The van der Waals surface area contributed by atoms with Gasteiger partial charge < -0.3 is 10.1 Å². The molecule has 3 aliphatic rings. The smallest absolute Gasteiger partial charge is 0.245 e. The van der Waals surface area contributed by atoms with Crippen LogP contribution in [0.5, 0.6) is 0 Å². The largest absolute Gasteiger partial charge is 0.353 e. The summed E-state index contributed by atoms with van der Waals surface area (Å²) in [4.78, 5) is 27.3. The SMILES string of the molecule is CC(C)CC(=O)N1[C@@H](C(=O)NC2CC2)COC12CCC(C)CC2. The van der Waals surface area contributed by atoms with E-state index in [2.05, 4.69) is 12.2 Å². The van der Waals surface area contributed by atoms with Crippen LogP contribution in [-0.2, 0) is 14.3 Å². The van der Waals surface area contributed by atoms with Gasteiger partial charge in [-0.2, -0.15) is 0 Å². The standard InChI is InChI=1S/C18H30N2O3/c1-12(2)10-16(21)20-15(17(22)19-14-4-5-14)11-23-18(20)8-6-13(3)7-9-18/h12-15H,4-11H2,1-3H3,(H,19,22)/t13?,15-,18?/m1/s1. The lowest BCUT2D eigenvalue weighted by molar-refractivity contribution is -0.162. The second-order valence-corrected chi connectivity index (χ2v) is 8.10. The lowest BCUT2D eigenvalue weighted by Crippen LogP contribution is -2.57. The van der Waals surface area contributed by atoms with E-state index in [4.69, 9.17) is 4.74 Å². The van der Waals surface area contributed by atoms with Crippen LogP contribution in [0.1, 0.15) is 65.7 Å². The van der Waals surface area contributed by atoms with Gasteiger partial charge in [-0.25, -0.2) is 0 Å². The number of carbonyl (C=O) groups excluding carboxylic acids is 2. The van der Waals surface area contributed by atoms with Crippen LogP contribution < -0.4 is 5.32 Å². The molecule has 0 aromatic carbocycles. The third-order valence-electron chi connectivity index (χ3n) is 5.39. The molecule has 1 atom stereocenters. The van der Waals surface area contributed by atoms with Crippen molar-refractivity contribution in [2.75, 3.05) is 6.61 Å². The summed E-state index contributed by atoms with van der Waals surface area (Å²) in [6.45, 7) is 6.68. The van der Waals surface area contributed by atoms with Crippen LogP contribution in [0.25, 0.3) is 0 Å². The Labute approximate surface area is 139 Å². The van der Waals surface area contributed by atoms with Crippen molar-refractivity contribution in [2.45, 2.75) is 83.5 Å². The van der Waals surface area contributed by atoms with Gasteiger partial charge in [-0.1, -0.05) is 20.8 Å². The highest BCUT2D eigenvalue weighted by Gasteiger charge is 2.53. The van der Waals surface area contributed by atoms with Gasteiger partial charge in [-0.05, 0) is 50.4 Å². The quantitative estimate of drug-likeness (QED) is 0.865. The van der Waals surface area contributed by atoms with Crippen molar-refractivity contribution in [3.63, 3.8) is 0 Å². The van der Waals surface area contributed by atoms with Crippen molar-refractivity contribution in [1.29, 1.82) is 0 Å². The van der Waals surface area contributed by atoms with Crippen molar-refractivity contribution in [1.82, 2.24) is 10.2 Å². The average molecular weight is 322 g/mol. The third kappa shape index (κ3) is 3.54. The summed E-state index contributed by atoms with van der Waals surface area (Å²) in [5, 5.41) is 3.05. The Balaban J connectivity index is 1.78. The monoisotopic (exact) mass is 322 g/mol. The highest BCUT2D eigenvalue weighted by Crippen LogP contribution is 2.43. The molecule has 130 valence electrons. The first-order valence-corrected chi connectivity index (χ1v) is 9.18. The molecule has 1 N–H and O–H groups in total. The van der Waals surface area contributed by atoms with Crippen LogP contribution in [0.2, 0.25) is 0 Å². The molecule has 1 aliphatic heterocycles. The Morgan fingerprint density at radius 1 is 1.22 bits per heavy atom. The van der Waals surface area contributed by atoms with Crippen LogP contribution in [0, 0.1) is 11.8 Å². The van der Waals surface area contributed by atoms with Crippen molar-refractivity contribution in [2.24, 2.45) is 11.8 Å². The fourth-order valence-corrected chi connectivity index (χ4v) is 3.83. The summed E-state index contributed by atoms with van der Waals surface area (Å²) in [6.07, 6.45) is 6.42. The maximum absolute atomic E-state index is 12.9. The Bertz CT molecular complexity index is 465. The van der Waals surface area contributed by atoms with Crippen molar-refractivity contribution >= 4 is 11.8 Å². The maximum atomic E-state index is 12.9. The van der Waals surface area contributed by atoms with Gasteiger partial charge in [0.05, 0.1) is 6.61 Å². The average Bonchev–Trinajstić information content (AvgIpc) is 3.21. The van der Waals surface area contributed by atoms with Crippen LogP contribution >= 0.6 is 0 Å². The van der Waals surface area contributed by atoms with Gasteiger partial charge in [-0.3, -0.25) is 14.5 Å². The molecule has 5 heteroatoms. The number of rotatable bonds is 4. The number of hydrogen-bond donors (Lipinski definition) is 1. The van der Waals surface area contributed by atoms with Gasteiger partial charge in [0.1, 0.15) is 11.8 Å². The molecule has 3 fully saturated rings. The van der Waals surface area contributed by atoms with Gasteiger partial charge in [0, 0.05) is 12.5 Å². The summed E-state index contributed by atoms with van der Waals surface area (Å²) in [7, 11) is 0. The molecule has 3 rings (SSSR count). The molecule has 0 aromatic heterocycles. The fourth-order valence-electron chi connectivity index (χ4n) is 3.83. The zero-order valence-corrected chi connectivity index (χ0v) is 14.6. The fraction of sp³-hybridized carbons (Fsp3) is 0.889. The summed E-state index contributed by atoms with van der Waals surface area (Å²) in [5.74, 6) is 1.00. The highest BCUT2D eigenvalue weighted by molar-refractivity contribution is 5.89. The molecule has 2 aliphatic carbocycles. The van der Waals surface area contributed by atoms with Crippen LogP contribution in [0.3, 0.4) is 0 Å². The second-order valence-electron chi connectivity index (χ2n) is 8.10. The minimum absolute atomic E-state index is 0.0277. The summed E-state index contributed by atoms with van der Waals surface area (Å²) in [5.41, 5.74) is -0.538. The Morgan fingerprint density at radius 2 is 1.87 bits per heavy atom. The molecule has 23 heavy (non-hydrogen) atoms. The zero-order valence-electron chi connectivity index (χ0n) is 14.6. The minimum atomic E-state index is -0.538. The second kappa shape index (κ2) is 6.42. The topological polar surface area (TPSA) is 58.6 Å². The van der Waals surface area contributed by atoms with Gasteiger partial charge in [0.2, 0.25) is 11.8 Å². The highest BCUT2D eigenvalue weighted by atomic mass is 16.5. The van der Waals surface area contributed by atoms with E-state index in [1.807, 2.05) is 18.7 Å². The summed E-state index contributed by atoms with van der Waals surface area (Å²) in [6, 6.07) is -0.136. The number of nitrogens with zero attached hydrogens (tertiary/aromatic N) is 1. The predicted octanol–water partition coefficient (Wildman–Crippen LogP) is 2.44. The van der Waals surface area contributed by atoms with Gasteiger partial charge >= 0.3 is 0 Å². The van der Waals surface area contributed by atoms with E-state index in [9.17, 15) is 9.59 Å². The van der Waals surface area contributed by atoms with E-state index in [0.29, 0.717) is 25.0 Å².